The quantitative estimate of drug-likeness (QED) is 0.539. The van der Waals surface area contributed by atoms with E-state index in [2.05, 4.69) is 5.32 Å². The van der Waals surface area contributed by atoms with Gasteiger partial charge in [-0.15, -0.1) is 0 Å². The minimum atomic E-state index is -0.941. The predicted molar refractivity (Wildman–Crippen MR) is 45.9 cm³/mol. The lowest BCUT2D eigenvalue weighted by atomic mass is 10.0. The number of fused-ring (bicyclic) bond motifs is 1. The molecule has 0 saturated carbocycles. The third-order valence-corrected chi connectivity index (χ3v) is 2.59. The first kappa shape index (κ1) is 9.26. The van der Waals surface area contributed by atoms with E-state index < -0.39 is 6.09 Å². The van der Waals surface area contributed by atoms with Crippen molar-refractivity contribution in [3.05, 3.63) is 0 Å². The number of ether oxygens (including phenoxy) is 1. The first-order chi connectivity index (χ1) is 6.66. The Balaban J connectivity index is 1.99. The second kappa shape index (κ2) is 3.45. The number of piperidine rings is 1. The second-order valence-corrected chi connectivity index (χ2v) is 3.54. The van der Waals surface area contributed by atoms with Crippen LogP contribution in [0.3, 0.4) is 0 Å². The van der Waals surface area contributed by atoms with Crippen molar-refractivity contribution in [1.82, 2.24) is 10.2 Å². The Hall–Kier alpha value is -1.30. The number of morpholine rings is 1. The summed E-state index contributed by atoms with van der Waals surface area (Å²) >= 11 is 0. The summed E-state index contributed by atoms with van der Waals surface area (Å²) in [5.74, 6) is -0.168. The van der Waals surface area contributed by atoms with Crippen molar-refractivity contribution in [2.24, 2.45) is 0 Å². The lowest BCUT2D eigenvalue weighted by molar-refractivity contribution is -0.139. The third kappa shape index (κ3) is 1.65. The van der Waals surface area contributed by atoms with Crippen molar-refractivity contribution in [3.63, 3.8) is 0 Å². The van der Waals surface area contributed by atoms with Crippen molar-refractivity contribution in [3.8, 4) is 0 Å². The summed E-state index contributed by atoms with van der Waals surface area (Å²) in [5.41, 5.74) is 0. The van der Waals surface area contributed by atoms with Crippen LogP contribution in [0.15, 0.2) is 0 Å². The summed E-state index contributed by atoms with van der Waals surface area (Å²) < 4.78 is 5.29. The number of amides is 2. The van der Waals surface area contributed by atoms with Crippen LogP contribution in [0.25, 0.3) is 0 Å². The van der Waals surface area contributed by atoms with Crippen LogP contribution in [0.5, 0.6) is 0 Å². The van der Waals surface area contributed by atoms with Crippen LogP contribution >= 0.6 is 0 Å². The summed E-state index contributed by atoms with van der Waals surface area (Å²) in [6, 6.07) is -0.180. The number of carboxylic acid groups (broad SMARTS) is 1. The molecule has 6 heteroatoms. The van der Waals surface area contributed by atoms with Crippen molar-refractivity contribution >= 4 is 12.0 Å². The van der Waals surface area contributed by atoms with Crippen LogP contribution in [0.4, 0.5) is 4.79 Å². The minimum absolute atomic E-state index is 0.0247. The number of rotatable bonds is 0. The van der Waals surface area contributed by atoms with E-state index in [0.717, 1.165) is 0 Å². The highest BCUT2D eigenvalue weighted by molar-refractivity contribution is 5.78. The summed E-state index contributed by atoms with van der Waals surface area (Å²) in [6.07, 6.45) is -0.316. The number of hydrogen-bond acceptors (Lipinski definition) is 3. The molecule has 2 unspecified atom stereocenters. The highest BCUT2D eigenvalue weighted by Crippen LogP contribution is 2.17. The molecule has 0 aromatic rings. The molecule has 14 heavy (non-hydrogen) atoms. The van der Waals surface area contributed by atoms with Gasteiger partial charge in [-0.2, -0.15) is 0 Å². The molecule has 2 atom stereocenters. The van der Waals surface area contributed by atoms with E-state index in [0.29, 0.717) is 19.5 Å². The number of carbonyl (C=O) groups is 2. The molecule has 6 nitrogen and oxygen atoms in total. The van der Waals surface area contributed by atoms with Gasteiger partial charge in [0.15, 0.2) is 0 Å². The Morgan fingerprint density at radius 3 is 3.14 bits per heavy atom. The van der Waals surface area contributed by atoms with E-state index in [1.165, 1.54) is 4.90 Å². The highest BCUT2D eigenvalue weighted by atomic mass is 16.5. The largest absolute Gasteiger partial charge is 0.465 e. The molecule has 2 N–H and O–H groups in total. The topological polar surface area (TPSA) is 78.9 Å². The van der Waals surface area contributed by atoms with Crippen molar-refractivity contribution < 1.29 is 19.4 Å². The summed E-state index contributed by atoms with van der Waals surface area (Å²) in [5, 5.41) is 11.5. The molecule has 78 valence electrons. The molecule has 2 heterocycles. The minimum Gasteiger partial charge on any atom is -0.465 e. The number of nitrogens with one attached hydrogen (secondary N) is 1. The van der Waals surface area contributed by atoms with Gasteiger partial charge in [0.1, 0.15) is 6.61 Å². The molecule has 0 bridgehead atoms. The van der Waals surface area contributed by atoms with E-state index in [1.54, 1.807) is 0 Å². The SMILES string of the molecule is O=C1COC2CCN(C(=O)O)CC2N1. The van der Waals surface area contributed by atoms with Crippen molar-refractivity contribution in [1.29, 1.82) is 0 Å². The molecule has 2 rings (SSSR count). The molecule has 0 aliphatic carbocycles. The van der Waals surface area contributed by atoms with Crippen LogP contribution in [-0.4, -0.2) is 53.8 Å². The Morgan fingerprint density at radius 1 is 1.64 bits per heavy atom. The van der Waals surface area contributed by atoms with E-state index in [9.17, 15) is 9.59 Å². The van der Waals surface area contributed by atoms with E-state index in [1.807, 2.05) is 0 Å². The molecule has 0 aromatic heterocycles. The van der Waals surface area contributed by atoms with E-state index >= 15 is 0 Å². The maximum Gasteiger partial charge on any atom is 0.407 e. The molecule has 0 aromatic carbocycles. The smallest absolute Gasteiger partial charge is 0.407 e. The fourth-order valence-corrected chi connectivity index (χ4v) is 1.87. The Morgan fingerprint density at radius 2 is 2.43 bits per heavy atom. The fourth-order valence-electron chi connectivity index (χ4n) is 1.87. The Kier molecular flexibility index (Phi) is 2.28. The van der Waals surface area contributed by atoms with Crippen LogP contribution in [-0.2, 0) is 9.53 Å². The van der Waals surface area contributed by atoms with Crippen LogP contribution in [0.1, 0.15) is 6.42 Å². The van der Waals surface area contributed by atoms with Gasteiger partial charge in [-0.05, 0) is 6.42 Å². The third-order valence-electron chi connectivity index (χ3n) is 2.59. The number of likely N-dealkylation sites (tertiary alicyclic amines) is 1. The Bertz CT molecular complexity index is 266. The molecule has 2 amide bonds. The number of carbonyl (C=O) groups excluding carboxylic acids is 1. The maximum absolute atomic E-state index is 11.0. The maximum atomic E-state index is 11.0. The zero-order valence-electron chi connectivity index (χ0n) is 7.60. The fraction of sp³-hybridized carbons (Fsp3) is 0.750. The lowest BCUT2D eigenvalue weighted by Crippen LogP contribution is -2.60. The van der Waals surface area contributed by atoms with Gasteiger partial charge in [-0.3, -0.25) is 4.79 Å². The molecule has 2 aliphatic heterocycles. The number of nitrogens with zero attached hydrogens (tertiary/aromatic N) is 1. The molecule has 0 spiro atoms. The standard InChI is InChI=1S/C8H12N2O4/c11-7-4-14-6-1-2-10(8(12)13)3-5(6)9-7/h5-6H,1-4H2,(H,9,11)(H,12,13). The van der Waals surface area contributed by atoms with Gasteiger partial charge in [0.05, 0.1) is 12.1 Å². The van der Waals surface area contributed by atoms with Gasteiger partial charge in [0, 0.05) is 13.1 Å². The first-order valence-corrected chi connectivity index (χ1v) is 4.55. The molecule has 2 saturated heterocycles. The van der Waals surface area contributed by atoms with Crippen LogP contribution in [0.2, 0.25) is 0 Å². The van der Waals surface area contributed by atoms with Gasteiger partial charge in [0.2, 0.25) is 5.91 Å². The van der Waals surface area contributed by atoms with Gasteiger partial charge in [0.25, 0.3) is 0 Å². The van der Waals surface area contributed by atoms with E-state index in [-0.39, 0.29) is 24.7 Å². The van der Waals surface area contributed by atoms with Gasteiger partial charge < -0.3 is 20.1 Å². The van der Waals surface area contributed by atoms with Gasteiger partial charge in [-0.1, -0.05) is 0 Å². The van der Waals surface area contributed by atoms with Crippen LogP contribution < -0.4 is 5.32 Å². The molecule has 0 radical (unpaired) electrons. The molecular weight excluding hydrogens is 188 g/mol. The summed E-state index contributed by atoms with van der Waals surface area (Å²) in [7, 11) is 0. The first-order valence-electron chi connectivity index (χ1n) is 4.55. The Labute approximate surface area is 80.8 Å². The predicted octanol–water partition coefficient (Wildman–Crippen LogP) is -0.746. The zero-order valence-corrected chi connectivity index (χ0v) is 7.60. The summed E-state index contributed by atoms with van der Waals surface area (Å²) in [4.78, 5) is 23.0. The monoisotopic (exact) mass is 200 g/mol. The van der Waals surface area contributed by atoms with E-state index in [4.69, 9.17) is 9.84 Å². The van der Waals surface area contributed by atoms with Crippen molar-refractivity contribution in [2.75, 3.05) is 19.7 Å². The lowest BCUT2D eigenvalue weighted by Gasteiger charge is -2.39. The highest BCUT2D eigenvalue weighted by Gasteiger charge is 2.36. The molecule has 2 fully saturated rings. The second-order valence-electron chi connectivity index (χ2n) is 3.54. The normalized spacial score (nSPS) is 32.0. The molecular formula is C8H12N2O4. The molecule has 2 aliphatic rings. The van der Waals surface area contributed by atoms with Crippen LogP contribution in [0, 0.1) is 0 Å². The van der Waals surface area contributed by atoms with Gasteiger partial charge >= 0.3 is 6.09 Å². The summed E-state index contributed by atoms with van der Waals surface area (Å²) in [6.45, 7) is 0.895. The average molecular weight is 200 g/mol. The average Bonchev–Trinajstić information content (AvgIpc) is 2.16. The number of hydrogen-bond donors (Lipinski definition) is 2. The zero-order chi connectivity index (χ0) is 10.1. The van der Waals surface area contributed by atoms with Gasteiger partial charge in [-0.25, -0.2) is 4.79 Å². The van der Waals surface area contributed by atoms with Crippen molar-refractivity contribution in [2.45, 2.75) is 18.6 Å².